The van der Waals surface area contributed by atoms with E-state index >= 15 is 0 Å². The van der Waals surface area contributed by atoms with Crippen molar-refractivity contribution >= 4 is 23.4 Å². The molecule has 1 aromatic carbocycles. The number of carbonyl (C=O) groups is 2. The lowest BCUT2D eigenvalue weighted by molar-refractivity contribution is -0.142. The van der Waals surface area contributed by atoms with Crippen molar-refractivity contribution < 1.29 is 19.4 Å². The van der Waals surface area contributed by atoms with Crippen LogP contribution in [0.2, 0.25) is 0 Å². The molecule has 2 amide bonds. The number of amides is 2. The number of carboxylic acids is 1. The van der Waals surface area contributed by atoms with Crippen molar-refractivity contribution in [2.24, 2.45) is 0 Å². The predicted octanol–water partition coefficient (Wildman–Crippen LogP) is 0.754. The van der Waals surface area contributed by atoms with E-state index in [9.17, 15) is 9.59 Å². The topological polar surface area (TPSA) is 82.1 Å². The Balaban J connectivity index is 1.89. The maximum Gasteiger partial charge on any atom is 0.329 e. The van der Waals surface area contributed by atoms with Crippen LogP contribution in [-0.2, 0) is 9.53 Å². The highest BCUT2D eigenvalue weighted by Gasteiger charge is 2.24. The van der Waals surface area contributed by atoms with Crippen LogP contribution in [0, 0.1) is 0 Å². The first-order valence-electron chi connectivity index (χ1n) is 6.74. The molecule has 1 aromatic rings. The minimum Gasteiger partial charge on any atom is -0.480 e. The number of urea groups is 1. The van der Waals surface area contributed by atoms with Gasteiger partial charge in [0.05, 0.1) is 18.0 Å². The molecule has 0 radical (unpaired) electrons. The summed E-state index contributed by atoms with van der Waals surface area (Å²) in [5, 5.41) is 11.2. The zero-order chi connectivity index (χ0) is 15.2. The van der Waals surface area contributed by atoms with Crippen molar-refractivity contribution in [1.82, 2.24) is 5.32 Å². The lowest BCUT2D eigenvalue weighted by Crippen LogP contribution is -2.47. The molecular weight excluding hydrogens is 274 g/mol. The van der Waals surface area contributed by atoms with Crippen LogP contribution >= 0.6 is 0 Å². The SMILES string of the molecule is CN1CCN(C(=O)NCCOCC(=O)O)c2ccccc21. The number of carboxylic acid groups (broad SMARTS) is 1. The molecular formula is C14H19N3O4. The fourth-order valence-corrected chi connectivity index (χ4v) is 2.20. The lowest BCUT2D eigenvalue weighted by atomic mass is 10.2. The van der Waals surface area contributed by atoms with Crippen LogP contribution in [0.25, 0.3) is 0 Å². The molecule has 0 spiro atoms. The van der Waals surface area contributed by atoms with Crippen LogP contribution < -0.4 is 15.1 Å². The number of ether oxygens (including phenoxy) is 1. The summed E-state index contributed by atoms with van der Waals surface area (Å²) in [4.78, 5) is 26.3. The van der Waals surface area contributed by atoms with E-state index in [0.29, 0.717) is 6.54 Å². The molecule has 21 heavy (non-hydrogen) atoms. The molecule has 1 heterocycles. The van der Waals surface area contributed by atoms with Gasteiger partial charge in [0.1, 0.15) is 6.61 Å². The van der Waals surface area contributed by atoms with E-state index in [1.807, 2.05) is 31.3 Å². The predicted molar refractivity (Wildman–Crippen MR) is 78.9 cm³/mol. The monoisotopic (exact) mass is 293 g/mol. The fourth-order valence-electron chi connectivity index (χ4n) is 2.20. The first-order chi connectivity index (χ1) is 10.1. The molecule has 7 nitrogen and oxygen atoms in total. The van der Waals surface area contributed by atoms with Gasteiger partial charge in [-0.05, 0) is 12.1 Å². The summed E-state index contributed by atoms with van der Waals surface area (Å²) in [7, 11) is 1.99. The van der Waals surface area contributed by atoms with E-state index in [-0.39, 0.29) is 25.8 Å². The Hall–Kier alpha value is -2.28. The number of anilines is 2. The van der Waals surface area contributed by atoms with Crippen LogP contribution in [-0.4, -0.2) is 57.0 Å². The third kappa shape index (κ3) is 3.85. The number of hydrogen-bond acceptors (Lipinski definition) is 4. The van der Waals surface area contributed by atoms with Crippen molar-refractivity contribution in [3.63, 3.8) is 0 Å². The first-order valence-corrected chi connectivity index (χ1v) is 6.74. The minimum absolute atomic E-state index is 0.174. The average Bonchev–Trinajstić information content (AvgIpc) is 2.47. The molecule has 2 rings (SSSR count). The van der Waals surface area contributed by atoms with Gasteiger partial charge in [-0.25, -0.2) is 9.59 Å². The van der Waals surface area contributed by atoms with Crippen molar-refractivity contribution in [3.05, 3.63) is 24.3 Å². The van der Waals surface area contributed by atoms with Gasteiger partial charge in [-0.15, -0.1) is 0 Å². The maximum absolute atomic E-state index is 12.2. The third-order valence-corrected chi connectivity index (χ3v) is 3.24. The van der Waals surface area contributed by atoms with Crippen LogP contribution in [0.4, 0.5) is 16.2 Å². The summed E-state index contributed by atoms with van der Waals surface area (Å²) in [5.41, 5.74) is 1.89. The van der Waals surface area contributed by atoms with E-state index in [4.69, 9.17) is 9.84 Å². The van der Waals surface area contributed by atoms with E-state index in [1.165, 1.54) is 0 Å². The quantitative estimate of drug-likeness (QED) is 0.783. The Bertz CT molecular complexity index is 521. The van der Waals surface area contributed by atoms with Crippen LogP contribution in [0.3, 0.4) is 0 Å². The summed E-state index contributed by atoms with van der Waals surface area (Å²) in [6.07, 6.45) is 0. The molecule has 0 saturated heterocycles. The Morgan fingerprint density at radius 3 is 2.71 bits per heavy atom. The number of rotatable bonds is 5. The second-order valence-corrected chi connectivity index (χ2v) is 4.74. The van der Waals surface area contributed by atoms with Gasteiger partial charge >= 0.3 is 12.0 Å². The van der Waals surface area contributed by atoms with E-state index in [0.717, 1.165) is 17.9 Å². The van der Waals surface area contributed by atoms with Crippen molar-refractivity contribution in [2.75, 3.05) is 49.7 Å². The standard InChI is InChI=1S/C14H19N3O4/c1-16-7-8-17(12-5-3-2-4-11(12)16)14(20)15-6-9-21-10-13(18)19/h2-5H,6-10H2,1H3,(H,15,20)(H,18,19). The molecule has 1 aliphatic rings. The van der Waals surface area contributed by atoms with Crippen molar-refractivity contribution in [1.29, 1.82) is 0 Å². The number of aliphatic carboxylic acids is 1. The molecule has 0 bridgehead atoms. The van der Waals surface area contributed by atoms with Gasteiger partial charge in [0.25, 0.3) is 0 Å². The lowest BCUT2D eigenvalue weighted by Gasteiger charge is -2.35. The highest BCUT2D eigenvalue weighted by atomic mass is 16.5. The third-order valence-electron chi connectivity index (χ3n) is 3.24. The molecule has 114 valence electrons. The minimum atomic E-state index is -1.02. The molecule has 0 atom stereocenters. The Morgan fingerprint density at radius 1 is 1.29 bits per heavy atom. The Kier molecular flexibility index (Phi) is 4.99. The number of nitrogens with zero attached hydrogens (tertiary/aromatic N) is 2. The number of para-hydroxylation sites is 2. The smallest absolute Gasteiger partial charge is 0.329 e. The molecule has 0 aliphatic carbocycles. The second kappa shape index (κ2) is 6.94. The number of hydrogen-bond donors (Lipinski definition) is 2. The van der Waals surface area contributed by atoms with Gasteiger partial charge in [-0.3, -0.25) is 4.90 Å². The van der Waals surface area contributed by atoms with E-state index in [1.54, 1.807) is 4.90 Å². The molecule has 7 heteroatoms. The maximum atomic E-state index is 12.2. The largest absolute Gasteiger partial charge is 0.480 e. The van der Waals surface area contributed by atoms with Gasteiger partial charge in [0.15, 0.2) is 0 Å². The summed E-state index contributed by atoms with van der Waals surface area (Å²) in [5.74, 6) is -1.02. The Labute approximate surface area is 123 Å². The average molecular weight is 293 g/mol. The van der Waals surface area contributed by atoms with E-state index < -0.39 is 5.97 Å². The number of benzene rings is 1. The summed E-state index contributed by atoms with van der Waals surface area (Å²) >= 11 is 0. The fraction of sp³-hybridized carbons (Fsp3) is 0.429. The second-order valence-electron chi connectivity index (χ2n) is 4.74. The Morgan fingerprint density at radius 2 is 2.00 bits per heavy atom. The zero-order valence-corrected chi connectivity index (χ0v) is 11.9. The van der Waals surface area contributed by atoms with Crippen molar-refractivity contribution in [3.8, 4) is 0 Å². The van der Waals surface area contributed by atoms with Crippen LogP contribution in [0.15, 0.2) is 24.3 Å². The van der Waals surface area contributed by atoms with Crippen LogP contribution in [0.5, 0.6) is 0 Å². The zero-order valence-electron chi connectivity index (χ0n) is 11.9. The number of carbonyl (C=O) groups excluding carboxylic acids is 1. The van der Waals surface area contributed by atoms with Crippen molar-refractivity contribution in [2.45, 2.75) is 0 Å². The van der Waals surface area contributed by atoms with Gasteiger partial charge in [0, 0.05) is 26.7 Å². The summed E-state index contributed by atoms with van der Waals surface area (Å²) < 4.78 is 4.88. The highest BCUT2D eigenvalue weighted by Crippen LogP contribution is 2.31. The van der Waals surface area contributed by atoms with Gasteiger partial charge in [-0.1, -0.05) is 12.1 Å². The van der Waals surface area contributed by atoms with Gasteiger partial charge < -0.3 is 20.1 Å². The highest BCUT2D eigenvalue weighted by molar-refractivity contribution is 5.96. The first kappa shape index (κ1) is 15.1. The number of nitrogens with one attached hydrogen (secondary N) is 1. The van der Waals surface area contributed by atoms with Gasteiger partial charge in [-0.2, -0.15) is 0 Å². The molecule has 2 N–H and O–H groups in total. The number of likely N-dealkylation sites (N-methyl/N-ethyl adjacent to an activating group) is 1. The molecule has 0 aromatic heterocycles. The summed E-state index contributed by atoms with van der Waals surface area (Å²) in [6, 6.07) is 7.52. The summed E-state index contributed by atoms with van der Waals surface area (Å²) in [6.45, 7) is 1.47. The molecule has 0 unspecified atom stereocenters. The van der Waals surface area contributed by atoms with Gasteiger partial charge in [0.2, 0.25) is 0 Å². The van der Waals surface area contributed by atoms with E-state index in [2.05, 4.69) is 10.2 Å². The molecule has 1 aliphatic heterocycles. The normalized spacial score (nSPS) is 13.8. The van der Waals surface area contributed by atoms with Crippen LogP contribution in [0.1, 0.15) is 0 Å². The molecule has 0 fully saturated rings. The molecule has 0 saturated carbocycles. The number of fused-ring (bicyclic) bond motifs is 1.